The maximum atomic E-state index is 12.9. The highest BCUT2D eigenvalue weighted by atomic mass is 31.2. The van der Waals surface area contributed by atoms with Crippen LogP contribution in [0.4, 0.5) is 5.82 Å². The second-order valence-electron chi connectivity index (χ2n) is 6.32. The summed E-state index contributed by atoms with van der Waals surface area (Å²) < 4.78 is 25.1. The van der Waals surface area contributed by atoms with Crippen LogP contribution in [0.25, 0.3) is 0 Å². The minimum Gasteiger partial charge on any atom is -0.347 e. The van der Waals surface area contributed by atoms with Gasteiger partial charge in [-0.3, -0.25) is 9.05 Å². The first kappa shape index (κ1) is 16.7. The average molecular weight is 359 g/mol. The Bertz CT molecular complexity index is 821. The molecule has 2 aromatic rings. The summed E-state index contributed by atoms with van der Waals surface area (Å²) in [5.74, 6) is 1.02. The molecule has 1 saturated heterocycles. The van der Waals surface area contributed by atoms with E-state index in [9.17, 15) is 4.57 Å². The second kappa shape index (κ2) is 6.54. The van der Waals surface area contributed by atoms with Gasteiger partial charge in [0.2, 0.25) is 0 Å². The van der Waals surface area contributed by atoms with Crippen molar-refractivity contribution < 1.29 is 13.6 Å². The lowest BCUT2D eigenvalue weighted by Gasteiger charge is -2.43. The van der Waals surface area contributed by atoms with E-state index in [0.717, 1.165) is 18.8 Å². The number of benzene rings is 1. The molecule has 0 N–H and O–H groups in total. The first-order valence-corrected chi connectivity index (χ1v) is 9.91. The molecule has 25 heavy (non-hydrogen) atoms. The molecule has 7 heteroatoms. The van der Waals surface area contributed by atoms with Crippen molar-refractivity contribution in [2.45, 2.75) is 12.5 Å². The van der Waals surface area contributed by atoms with E-state index in [1.165, 1.54) is 30.9 Å². The van der Waals surface area contributed by atoms with Gasteiger partial charge in [0.15, 0.2) is 0 Å². The van der Waals surface area contributed by atoms with Crippen molar-refractivity contribution in [3.63, 3.8) is 0 Å². The van der Waals surface area contributed by atoms with Crippen molar-refractivity contribution >= 4 is 13.6 Å². The Morgan fingerprint density at radius 3 is 2.64 bits per heavy atom. The van der Waals surface area contributed by atoms with Crippen molar-refractivity contribution in [1.82, 2.24) is 9.65 Å². The zero-order valence-corrected chi connectivity index (χ0v) is 15.4. The molecule has 0 saturated carbocycles. The number of pyridine rings is 1. The van der Waals surface area contributed by atoms with Gasteiger partial charge in [0, 0.05) is 46.5 Å². The van der Waals surface area contributed by atoms with E-state index in [1.54, 1.807) is 0 Å². The molecule has 1 aromatic carbocycles. The van der Waals surface area contributed by atoms with Crippen LogP contribution >= 0.6 is 7.75 Å². The first-order chi connectivity index (χ1) is 12.2. The fraction of sp³-hybridized carbons (Fsp3) is 0.389. The van der Waals surface area contributed by atoms with Gasteiger partial charge < -0.3 is 4.90 Å². The highest BCUT2D eigenvalue weighted by Crippen LogP contribution is 2.53. The van der Waals surface area contributed by atoms with E-state index in [2.05, 4.69) is 40.2 Å². The van der Waals surface area contributed by atoms with Gasteiger partial charge in [0.25, 0.3) is 0 Å². The molecule has 0 amide bonds. The molecule has 0 bridgehead atoms. The lowest BCUT2D eigenvalue weighted by Crippen LogP contribution is -2.47. The molecule has 0 aliphatic carbocycles. The molecule has 1 fully saturated rings. The average Bonchev–Trinajstić information content (AvgIpc) is 2.81. The largest absolute Gasteiger partial charge is 0.407 e. The van der Waals surface area contributed by atoms with E-state index >= 15 is 0 Å². The molecule has 2 aliphatic heterocycles. The van der Waals surface area contributed by atoms with Crippen molar-refractivity contribution in [1.29, 1.82) is 0 Å². The van der Waals surface area contributed by atoms with Crippen molar-refractivity contribution in [3.8, 4) is 0 Å². The summed E-state index contributed by atoms with van der Waals surface area (Å²) in [4.78, 5) is 6.98. The minimum atomic E-state index is -3.24. The second-order valence-corrected chi connectivity index (χ2v) is 8.55. The molecule has 4 rings (SSSR count). The van der Waals surface area contributed by atoms with Crippen LogP contribution in [-0.2, 0) is 20.0 Å². The Morgan fingerprint density at radius 1 is 1.08 bits per heavy atom. The van der Waals surface area contributed by atoms with Gasteiger partial charge in [0.1, 0.15) is 5.82 Å². The molecule has 6 nitrogen and oxygen atoms in total. The molecule has 0 radical (unpaired) electrons. The SMILES string of the molecule is COP(=O)(OC)N1CCN2c3ncccc3Cc3ccccc3C2C1. The highest BCUT2D eigenvalue weighted by molar-refractivity contribution is 7.51. The van der Waals surface area contributed by atoms with Gasteiger partial charge in [-0.25, -0.2) is 14.2 Å². The summed E-state index contributed by atoms with van der Waals surface area (Å²) in [6, 6.07) is 12.7. The number of hydrogen-bond acceptors (Lipinski definition) is 5. The Labute approximate surface area is 148 Å². The van der Waals surface area contributed by atoms with Crippen molar-refractivity contribution in [2.24, 2.45) is 0 Å². The summed E-state index contributed by atoms with van der Waals surface area (Å²) in [7, 11) is -0.366. The van der Waals surface area contributed by atoms with Gasteiger partial charge in [-0.2, -0.15) is 0 Å². The fourth-order valence-electron chi connectivity index (χ4n) is 3.87. The highest BCUT2D eigenvalue weighted by Gasteiger charge is 2.41. The number of hydrogen-bond donors (Lipinski definition) is 0. The van der Waals surface area contributed by atoms with Crippen LogP contribution in [0.5, 0.6) is 0 Å². The molecule has 132 valence electrons. The molecular weight excluding hydrogens is 337 g/mol. The van der Waals surface area contributed by atoms with Crippen LogP contribution in [0.1, 0.15) is 22.7 Å². The summed E-state index contributed by atoms with van der Waals surface area (Å²) >= 11 is 0. The Hall–Kier alpha value is -1.72. The molecule has 2 aliphatic rings. The first-order valence-electron chi connectivity index (χ1n) is 8.41. The molecule has 0 spiro atoms. The standard InChI is InChI=1S/C18H22N3O3P/c1-23-25(22,24-2)20-10-11-21-17(13-20)16-8-4-3-6-14(16)12-15-7-5-9-19-18(15)21/h3-9,17H,10-13H2,1-2H3. The number of aromatic nitrogens is 1. The van der Waals surface area contributed by atoms with Crippen molar-refractivity contribution in [3.05, 3.63) is 59.3 Å². The van der Waals surface area contributed by atoms with E-state index < -0.39 is 7.75 Å². The smallest absolute Gasteiger partial charge is 0.347 e. The summed E-state index contributed by atoms with van der Waals surface area (Å²) in [6.45, 7) is 1.90. The Kier molecular flexibility index (Phi) is 4.38. The normalized spacial score (nSPS) is 20.4. The topological polar surface area (TPSA) is 54.9 Å². The van der Waals surface area contributed by atoms with Crippen LogP contribution in [0.15, 0.2) is 42.6 Å². The summed E-state index contributed by atoms with van der Waals surface area (Å²) in [5.41, 5.74) is 3.77. The predicted octanol–water partition coefficient (Wildman–Crippen LogP) is 3.25. The van der Waals surface area contributed by atoms with E-state index in [4.69, 9.17) is 9.05 Å². The fourth-order valence-corrected chi connectivity index (χ4v) is 5.17. The Balaban J connectivity index is 1.79. The zero-order chi connectivity index (χ0) is 17.4. The summed E-state index contributed by atoms with van der Waals surface area (Å²) in [6.07, 6.45) is 2.70. The van der Waals surface area contributed by atoms with Gasteiger partial charge in [-0.15, -0.1) is 0 Å². The quantitative estimate of drug-likeness (QED) is 0.784. The van der Waals surface area contributed by atoms with E-state index in [-0.39, 0.29) is 6.04 Å². The lowest BCUT2D eigenvalue weighted by molar-refractivity contribution is 0.192. The van der Waals surface area contributed by atoms with E-state index in [1.807, 2.05) is 16.9 Å². The lowest BCUT2D eigenvalue weighted by atomic mass is 9.96. The van der Waals surface area contributed by atoms with E-state index in [0.29, 0.717) is 13.1 Å². The number of piperazine rings is 1. The minimum absolute atomic E-state index is 0.0692. The molecule has 1 atom stereocenters. The molecular formula is C18H22N3O3P. The van der Waals surface area contributed by atoms with Gasteiger partial charge in [-0.1, -0.05) is 30.3 Å². The monoisotopic (exact) mass is 359 g/mol. The third-order valence-corrected chi connectivity index (χ3v) is 7.08. The van der Waals surface area contributed by atoms with Crippen LogP contribution in [0.2, 0.25) is 0 Å². The van der Waals surface area contributed by atoms with Crippen LogP contribution in [0, 0.1) is 0 Å². The molecule has 1 aromatic heterocycles. The number of fused-ring (bicyclic) bond motifs is 5. The maximum Gasteiger partial charge on any atom is 0.407 e. The molecule has 3 heterocycles. The zero-order valence-electron chi connectivity index (χ0n) is 14.5. The number of nitrogens with zero attached hydrogens (tertiary/aromatic N) is 3. The maximum absolute atomic E-state index is 12.9. The predicted molar refractivity (Wildman–Crippen MR) is 96.8 cm³/mol. The van der Waals surface area contributed by atoms with Crippen LogP contribution in [-0.4, -0.2) is 43.5 Å². The molecule has 1 unspecified atom stereocenters. The Morgan fingerprint density at radius 2 is 1.84 bits per heavy atom. The summed E-state index contributed by atoms with van der Waals surface area (Å²) in [5, 5.41) is 0. The van der Waals surface area contributed by atoms with Gasteiger partial charge in [0.05, 0.1) is 6.04 Å². The number of anilines is 1. The van der Waals surface area contributed by atoms with Crippen LogP contribution in [0.3, 0.4) is 0 Å². The van der Waals surface area contributed by atoms with Gasteiger partial charge in [-0.05, 0) is 22.8 Å². The van der Waals surface area contributed by atoms with Crippen molar-refractivity contribution in [2.75, 3.05) is 38.8 Å². The van der Waals surface area contributed by atoms with Gasteiger partial charge >= 0.3 is 7.75 Å². The third kappa shape index (κ3) is 2.79. The van der Waals surface area contributed by atoms with Crippen LogP contribution < -0.4 is 4.90 Å². The third-order valence-electron chi connectivity index (χ3n) is 5.10. The number of rotatable bonds is 3.